The van der Waals surface area contributed by atoms with E-state index < -0.39 is 107 Å². The van der Waals surface area contributed by atoms with Gasteiger partial charge in [0, 0.05) is 43.1 Å². The number of esters is 3. The summed E-state index contributed by atoms with van der Waals surface area (Å²) < 4.78 is 24.5. The fourth-order valence-electron chi connectivity index (χ4n) is 10.3. The Bertz CT molecular complexity index is 2260. The van der Waals surface area contributed by atoms with Crippen LogP contribution in [0.25, 0.3) is 0 Å². The van der Waals surface area contributed by atoms with Gasteiger partial charge in [0.1, 0.15) is 36.1 Å². The van der Waals surface area contributed by atoms with Gasteiger partial charge in [0.2, 0.25) is 0 Å². The maximum Gasteiger partial charge on any atom is 0.356 e. The lowest BCUT2D eigenvalue weighted by atomic mass is 9.45. The first-order valence-electron chi connectivity index (χ1n) is 20.5. The fourth-order valence-corrected chi connectivity index (χ4v) is 10.3. The van der Waals surface area contributed by atoms with Crippen molar-refractivity contribution >= 4 is 29.7 Å². The summed E-state index contributed by atoms with van der Waals surface area (Å²) in [6.07, 6.45) is -7.61. The van der Waals surface area contributed by atoms with E-state index in [0.717, 1.165) is 6.92 Å². The minimum atomic E-state index is -2.32. The number of ether oxygens (including phenoxy) is 4. The van der Waals surface area contributed by atoms with E-state index in [0.29, 0.717) is 11.8 Å². The summed E-state index contributed by atoms with van der Waals surface area (Å²) in [7, 11) is 0. The van der Waals surface area contributed by atoms with Crippen molar-refractivity contribution in [3.8, 4) is 0 Å². The number of carbonyl (C=O) groups is 5. The lowest BCUT2D eigenvalue weighted by Gasteiger charge is -2.67. The van der Waals surface area contributed by atoms with Gasteiger partial charge in [-0.2, -0.15) is 0 Å². The van der Waals surface area contributed by atoms with Crippen LogP contribution >= 0.6 is 0 Å². The predicted molar refractivity (Wildman–Crippen MR) is 218 cm³/mol. The van der Waals surface area contributed by atoms with Crippen LogP contribution in [0.15, 0.2) is 114 Å². The molecule has 5 unspecified atom stereocenters. The molecule has 62 heavy (non-hydrogen) atoms. The monoisotopic (exact) mass is 853 g/mol. The van der Waals surface area contributed by atoms with Gasteiger partial charge < -0.3 is 44.2 Å². The van der Waals surface area contributed by atoms with E-state index in [1.165, 1.54) is 31.2 Å². The number of rotatable bonds is 11. The van der Waals surface area contributed by atoms with Gasteiger partial charge in [0.25, 0.3) is 0 Å². The minimum Gasteiger partial charge on any atom is -0.515 e. The van der Waals surface area contributed by atoms with Gasteiger partial charge in [-0.3, -0.25) is 14.4 Å². The molecule has 1 saturated heterocycles. The number of aliphatic hydroxyl groups is 4. The maximum absolute atomic E-state index is 15.1. The number of hydroxylamine groups is 1. The molecule has 2 bridgehead atoms. The van der Waals surface area contributed by atoms with Gasteiger partial charge in [0.15, 0.2) is 11.4 Å². The van der Waals surface area contributed by atoms with Crippen molar-refractivity contribution in [2.45, 2.75) is 95.2 Å². The van der Waals surface area contributed by atoms with Crippen molar-refractivity contribution in [1.82, 2.24) is 5.48 Å². The number of nitrogens with one attached hydrogen (secondary N) is 1. The topological polar surface area (TPSA) is 224 Å². The highest BCUT2D eigenvalue weighted by Gasteiger charge is 2.76. The quantitative estimate of drug-likeness (QED) is 0.0592. The third-order valence-corrected chi connectivity index (χ3v) is 13.5. The van der Waals surface area contributed by atoms with Gasteiger partial charge >= 0.3 is 23.9 Å². The Labute approximate surface area is 358 Å². The van der Waals surface area contributed by atoms with E-state index in [2.05, 4.69) is 5.48 Å². The Hall–Kier alpha value is -5.71. The Morgan fingerprint density at radius 3 is 1.98 bits per heavy atom. The molecule has 3 aromatic carbocycles. The summed E-state index contributed by atoms with van der Waals surface area (Å²) in [6, 6.07) is 22.9. The Balaban J connectivity index is 1.41. The van der Waals surface area contributed by atoms with Crippen LogP contribution in [0.1, 0.15) is 79.8 Å². The Kier molecular flexibility index (Phi) is 12.3. The summed E-state index contributed by atoms with van der Waals surface area (Å²) in [5.74, 6) is -8.08. The van der Waals surface area contributed by atoms with Crippen molar-refractivity contribution in [3.05, 3.63) is 131 Å². The highest BCUT2D eigenvalue weighted by Crippen LogP contribution is 2.64. The van der Waals surface area contributed by atoms with E-state index in [-0.39, 0.29) is 40.9 Å². The summed E-state index contributed by atoms with van der Waals surface area (Å²) in [5.41, 5.74) is -2.25. The van der Waals surface area contributed by atoms with Gasteiger partial charge in [-0.15, -0.1) is 5.48 Å². The van der Waals surface area contributed by atoms with E-state index in [4.69, 9.17) is 23.8 Å². The first-order valence-corrected chi connectivity index (χ1v) is 20.5. The molecule has 12 atom stereocenters. The smallest absolute Gasteiger partial charge is 0.356 e. The Morgan fingerprint density at radius 1 is 0.871 bits per heavy atom. The van der Waals surface area contributed by atoms with Crippen LogP contribution in [0.2, 0.25) is 0 Å². The molecule has 15 nitrogen and oxygen atoms in total. The molecule has 4 aliphatic rings. The van der Waals surface area contributed by atoms with E-state index in [1.807, 2.05) is 0 Å². The molecule has 0 spiro atoms. The number of ketones is 1. The van der Waals surface area contributed by atoms with E-state index in [9.17, 15) is 39.6 Å². The molecular formula is C47H51NO14. The highest BCUT2D eigenvalue weighted by atomic mass is 16.7. The van der Waals surface area contributed by atoms with Crippen LogP contribution < -0.4 is 5.48 Å². The van der Waals surface area contributed by atoms with E-state index in [1.54, 1.807) is 87.5 Å². The zero-order valence-electron chi connectivity index (χ0n) is 34.9. The van der Waals surface area contributed by atoms with Gasteiger partial charge in [-0.25, -0.2) is 9.59 Å². The van der Waals surface area contributed by atoms with Crippen LogP contribution in [0, 0.1) is 23.2 Å². The second kappa shape index (κ2) is 17.2. The molecule has 0 amide bonds. The number of fused-ring (bicyclic) bond motifs is 5. The van der Waals surface area contributed by atoms with Crippen LogP contribution in [0.5, 0.6) is 0 Å². The third-order valence-electron chi connectivity index (χ3n) is 13.5. The molecule has 0 aromatic heterocycles. The molecule has 3 aliphatic carbocycles. The standard InChI is InChI=1S/C47H51NO14/c1-25-32(38(53)39(54)37(29-15-9-6-10-16-29)48-62-44(56)31-19-13-8-14-20-31)22-46(57)26(2)36(25)40(59-27(3)50)33(23-49)45(5)34(52)21-35-47(24-58-35,61-28(4)51)41(45)42(46)60-43(55)30-17-11-7-12-18-30/h6-20,23,26,32,34-35,37,39-42,48-49,52,54,57H,21-22,24H2,1-5H3/b33-23+/t26-,32?,34+,35-,37?,39?,40+,41?,42?,45-,46+,47+/m1/s1. The van der Waals surface area contributed by atoms with Crippen LogP contribution in [0.4, 0.5) is 0 Å². The number of aliphatic hydroxyl groups excluding tert-OH is 3. The lowest BCUT2D eigenvalue weighted by Crippen LogP contribution is -2.79. The summed E-state index contributed by atoms with van der Waals surface area (Å²) >= 11 is 0. The average molecular weight is 854 g/mol. The number of Topliss-reactive ketones (excluding diaryl/α,β-unsaturated/α-hetero) is 1. The maximum atomic E-state index is 15.1. The molecule has 15 heteroatoms. The van der Waals surface area contributed by atoms with E-state index >= 15 is 4.79 Å². The number of hydrogen-bond donors (Lipinski definition) is 5. The molecule has 3 fully saturated rings. The molecule has 2 saturated carbocycles. The van der Waals surface area contributed by atoms with Gasteiger partial charge in [0.05, 0.1) is 36.0 Å². The second-order valence-electron chi connectivity index (χ2n) is 16.8. The third kappa shape index (κ3) is 7.51. The Morgan fingerprint density at radius 2 is 1.45 bits per heavy atom. The minimum absolute atomic E-state index is 0.0867. The lowest BCUT2D eigenvalue weighted by molar-refractivity contribution is -0.343. The molecule has 1 aliphatic heterocycles. The molecule has 3 aromatic rings. The van der Waals surface area contributed by atoms with Crippen molar-refractivity contribution in [2.75, 3.05) is 6.61 Å². The fraction of sp³-hybridized carbons (Fsp3) is 0.426. The summed E-state index contributed by atoms with van der Waals surface area (Å²) in [5, 5.41) is 49.3. The molecule has 328 valence electrons. The zero-order chi connectivity index (χ0) is 44.7. The first-order chi connectivity index (χ1) is 29.5. The van der Waals surface area contributed by atoms with Crippen molar-refractivity contribution < 1.29 is 68.2 Å². The SMILES string of the molecule is CC(=O)O[C@@H]1C2=C(C)C(C(=O)C(O)C(NOC(=O)c3ccccc3)c3ccccc3)C[C@@](O)(C(OC(=O)c3ccccc3)C3[C@](C)(/C1=C/O)[C@@H](O)C[C@H]1OC[C@@]31OC(C)=O)[C@@H]2C. The van der Waals surface area contributed by atoms with Crippen molar-refractivity contribution in [1.29, 1.82) is 0 Å². The molecule has 0 radical (unpaired) electrons. The van der Waals surface area contributed by atoms with Crippen molar-refractivity contribution in [2.24, 2.45) is 23.2 Å². The molecule has 1 heterocycles. The van der Waals surface area contributed by atoms with Crippen LogP contribution in [0.3, 0.4) is 0 Å². The molecular weight excluding hydrogens is 803 g/mol. The number of allylic oxidation sites excluding steroid dienone is 1. The highest BCUT2D eigenvalue weighted by molar-refractivity contribution is 5.91. The first kappa shape index (κ1) is 44.3. The summed E-state index contributed by atoms with van der Waals surface area (Å²) in [4.78, 5) is 74.0. The second-order valence-corrected chi connectivity index (χ2v) is 16.8. The molecule has 7 rings (SSSR count). The largest absolute Gasteiger partial charge is 0.515 e. The molecule has 5 N–H and O–H groups in total. The zero-order valence-corrected chi connectivity index (χ0v) is 34.9. The van der Waals surface area contributed by atoms with Gasteiger partial charge in [-0.1, -0.05) is 86.2 Å². The van der Waals surface area contributed by atoms with Crippen molar-refractivity contribution in [3.63, 3.8) is 0 Å². The normalized spacial score (nSPS) is 32.9. The number of benzene rings is 3. The number of carbonyl (C=O) groups excluding carboxylic acids is 5. The van der Waals surface area contributed by atoms with Gasteiger partial charge in [-0.05, 0) is 48.7 Å². The van der Waals surface area contributed by atoms with Crippen LogP contribution in [-0.4, -0.2) is 98.4 Å². The predicted octanol–water partition coefficient (Wildman–Crippen LogP) is 4.42. The van der Waals surface area contributed by atoms with Crippen LogP contribution in [-0.2, 0) is 38.2 Å². The average Bonchev–Trinajstić information content (AvgIpc) is 3.25. The summed E-state index contributed by atoms with van der Waals surface area (Å²) in [6.45, 7) is 6.77. The number of hydrogen-bond acceptors (Lipinski definition) is 15.